The molecule has 1 aliphatic rings. The minimum atomic E-state index is -0.199. The Hall–Kier alpha value is -2.10. The summed E-state index contributed by atoms with van der Waals surface area (Å²) in [6.45, 7) is -0.0288. The van der Waals surface area contributed by atoms with Crippen LogP contribution in [0.25, 0.3) is 0 Å². The van der Waals surface area contributed by atoms with Gasteiger partial charge in [-0.3, -0.25) is 4.79 Å². The molecule has 128 valence electrons. The van der Waals surface area contributed by atoms with Crippen LogP contribution >= 0.6 is 23.5 Å². The van der Waals surface area contributed by atoms with Crippen molar-refractivity contribution in [2.45, 2.75) is 11.0 Å². The number of carbonyl (C=O) groups excluding carboxylic acids is 1. The van der Waals surface area contributed by atoms with E-state index in [1.54, 1.807) is 12.1 Å². The molecule has 1 fully saturated rings. The van der Waals surface area contributed by atoms with Crippen molar-refractivity contribution in [3.63, 3.8) is 0 Å². The Morgan fingerprint density at radius 3 is 2.60 bits per heavy atom. The van der Waals surface area contributed by atoms with Crippen LogP contribution < -0.4 is 10.1 Å². The fourth-order valence-electron chi connectivity index (χ4n) is 2.48. The smallest absolute Gasteiger partial charge is 0.262 e. The SMILES string of the molecule is N#CCc1ccc(NC(=O)COc2ccccc2C2SCCS2)cc1. The Morgan fingerprint density at radius 2 is 1.88 bits per heavy atom. The lowest BCUT2D eigenvalue weighted by atomic mass is 10.1. The molecule has 0 unspecified atom stereocenters. The highest BCUT2D eigenvalue weighted by molar-refractivity contribution is 8.19. The lowest BCUT2D eigenvalue weighted by Gasteiger charge is -2.15. The van der Waals surface area contributed by atoms with Crippen molar-refractivity contribution in [3.8, 4) is 11.8 Å². The van der Waals surface area contributed by atoms with E-state index in [-0.39, 0.29) is 12.5 Å². The minimum absolute atomic E-state index is 0.0288. The molecule has 1 N–H and O–H groups in total. The van der Waals surface area contributed by atoms with Crippen LogP contribution in [0.4, 0.5) is 5.69 Å². The monoisotopic (exact) mass is 370 g/mol. The van der Waals surface area contributed by atoms with Gasteiger partial charge >= 0.3 is 0 Å². The molecule has 0 aliphatic carbocycles. The van der Waals surface area contributed by atoms with Gasteiger partial charge in [-0.25, -0.2) is 0 Å². The van der Waals surface area contributed by atoms with E-state index in [0.717, 1.165) is 28.4 Å². The number of hydrogen-bond donors (Lipinski definition) is 1. The van der Waals surface area contributed by atoms with E-state index in [4.69, 9.17) is 10.00 Å². The summed E-state index contributed by atoms with van der Waals surface area (Å²) in [6.07, 6.45) is 0.366. The van der Waals surface area contributed by atoms with E-state index in [9.17, 15) is 4.79 Å². The van der Waals surface area contributed by atoms with Gasteiger partial charge in [-0.1, -0.05) is 30.3 Å². The summed E-state index contributed by atoms with van der Waals surface area (Å²) in [6, 6.07) is 17.3. The number of nitrogens with zero attached hydrogens (tertiary/aromatic N) is 1. The van der Waals surface area contributed by atoms with Crippen LogP contribution in [-0.2, 0) is 11.2 Å². The van der Waals surface area contributed by atoms with Crippen molar-refractivity contribution in [3.05, 3.63) is 59.7 Å². The third-order valence-corrected chi connectivity index (χ3v) is 6.74. The predicted molar refractivity (Wildman–Crippen MR) is 104 cm³/mol. The molecule has 0 atom stereocenters. The molecular weight excluding hydrogens is 352 g/mol. The minimum Gasteiger partial charge on any atom is -0.483 e. The summed E-state index contributed by atoms with van der Waals surface area (Å²) in [5, 5.41) is 11.5. The van der Waals surface area contributed by atoms with Gasteiger partial charge in [0.25, 0.3) is 5.91 Å². The van der Waals surface area contributed by atoms with E-state index in [1.165, 1.54) is 0 Å². The number of nitriles is 1. The maximum Gasteiger partial charge on any atom is 0.262 e. The van der Waals surface area contributed by atoms with Crippen LogP contribution in [0, 0.1) is 11.3 Å². The molecule has 4 nitrogen and oxygen atoms in total. The fraction of sp³-hybridized carbons (Fsp3) is 0.263. The summed E-state index contributed by atoms with van der Waals surface area (Å²) >= 11 is 3.82. The largest absolute Gasteiger partial charge is 0.483 e. The van der Waals surface area contributed by atoms with Gasteiger partial charge in [-0.15, -0.1) is 23.5 Å². The first-order valence-electron chi connectivity index (χ1n) is 7.97. The first kappa shape index (κ1) is 17.7. The molecule has 25 heavy (non-hydrogen) atoms. The second kappa shape index (κ2) is 8.84. The van der Waals surface area contributed by atoms with Gasteiger partial charge in [0.2, 0.25) is 0 Å². The number of nitrogens with one attached hydrogen (secondary N) is 1. The third-order valence-electron chi connectivity index (χ3n) is 3.67. The average Bonchev–Trinajstić information content (AvgIpc) is 3.17. The summed E-state index contributed by atoms with van der Waals surface area (Å²) in [5.41, 5.74) is 2.77. The molecule has 0 spiro atoms. The van der Waals surface area contributed by atoms with Crippen molar-refractivity contribution in [2.24, 2.45) is 0 Å². The van der Waals surface area contributed by atoms with Crippen molar-refractivity contribution in [2.75, 3.05) is 23.4 Å². The van der Waals surface area contributed by atoms with Gasteiger partial charge in [-0.05, 0) is 23.8 Å². The van der Waals surface area contributed by atoms with Gasteiger partial charge in [0.05, 0.1) is 17.1 Å². The van der Waals surface area contributed by atoms with Crippen molar-refractivity contribution in [1.82, 2.24) is 0 Å². The highest BCUT2D eigenvalue weighted by Gasteiger charge is 2.21. The van der Waals surface area contributed by atoms with Crippen LogP contribution in [0.15, 0.2) is 48.5 Å². The van der Waals surface area contributed by atoms with Gasteiger partial charge in [0, 0.05) is 22.8 Å². The van der Waals surface area contributed by atoms with Gasteiger partial charge in [0.1, 0.15) is 5.75 Å². The van der Waals surface area contributed by atoms with Crippen molar-refractivity contribution >= 4 is 35.1 Å². The highest BCUT2D eigenvalue weighted by Crippen LogP contribution is 2.48. The molecular formula is C19H18N2O2S2. The number of ether oxygens (including phenoxy) is 1. The quantitative estimate of drug-likeness (QED) is 0.824. The van der Waals surface area contributed by atoms with E-state index in [0.29, 0.717) is 16.7 Å². The molecule has 6 heteroatoms. The van der Waals surface area contributed by atoms with Gasteiger partial charge in [0.15, 0.2) is 6.61 Å². The van der Waals surface area contributed by atoms with Crippen LogP contribution in [0.2, 0.25) is 0 Å². The van der Waals surface area contributed by atoms with E-state index >= 15 is 0 Å². The lowest BCUT2D eigenvalue weighted by molar-refractivity contribution is -0.118. The second-order valence-electron chi connectivity index (χ2n) is 5.48. The normalized spacial score (nSPS) is 14.0. The number of amides is 1. The molecule has 2 aromatic carbocycles. The Labute approximate surface area is 156 Å². The fourth-order valence-corrected chi connectivity index (χ4v) is 5.39. The first-order chi connectivity index (χ1) is 12.3. The zero-order valence-electron chi connectivity index (χ0n) is 13.6. The number of rotatable bonds is 6. The van der Waals surface area contributed by atoms with Gasteiger partial charge in [-0.2, -0.15) is 5.26 Å². The summed E-state index contributed by atoms with van der Waals surface area (Å²) in [7, 11) is 0. The Morgan fingerprint density at radius 1 is 1.16 bits per heavy atom. The number of hydrogen-bond acceptors (Lipinski definition) is 5. The van der Waals surface area contributed by atoms with Crippen molar-refractivity contribution < 1.29 is 9.53 Å². The van der Waals surface area contributed by atoms with E-state index < -0.39 is 0 Å². The third kappa shape index (κ3) is 4.94. The molecule has 2 aromatic rings. The zero-order chi connectivity index (χ0) is 17.5. The molecule has 1 saturated heterocycles. The Balaban J connectivity index is 1.56. The second-order valence-corrected chi connectivity index (χ2v) is 8.20. The maximum atomic E-state index is 12.1. The Kier molecular flexibility index (Phi) is 6.26. The van der Waals surface area contributed by atoms with Crippen LogP contribution in [0.1, 0.15) is 15.7 Å². The molecule has 1 heterocycles. The Bertz CT molecular complexity index is 766. The number of carbonyl (C=O) groups is 1. The standard InChI is InChI=1S/C19H18N2O2S2/c20-10-9-14-5-7-15(8-6-14)21-18(22)13-23-17-4-2-1-3-16(17)19-24-11-12-25-19/h1-8,19H,9,11-13H2,(H,21,22). The number of benzene rings is 2. The molecule has 1 amide bonds. The molecule has 0 aromatic heterocycles. The predicted octanol–water partition coefficient (Wildman–Crippen LogP) is 4.25. The lowest BCUT2D eigenvalue weighted by Crippen LogP contribution is -2.20. The van der Waals surface area contributed by atoms with E-state index in [1.807, 2.05) is 53.9 Å². The van der Waals surface area contributed by atoms with E-state index in [2.05, 4.69) is 17.5 Å². The highest BCUT2D eigenvalue weighted by atomic mass is 32.2. The first-order valence-corrected chi connectivity index (χ1v) is 10.1. The summed E-state index contributed by atoms with van der Waals surface area (Å²) in [5.74, 6) is 2.86. The molecule has 3 rings (SSSR count). The average molecular weight is 370 g/mol. The number of para-hydroxylation sites is 1. The zero-order valence-corrected chi connectivity index (χ0v) is 15.2. The number of anilines is 1. The van der Waals surface area contributed by atoms with Crippen LogP contribution in [-0.4, -0.2) is 24.0 Å². The maximum absolute atomic E-state index is 12.1. The van der Waals surface area contributed by atoms with Crippen molar-refractivity contribution in [1.29, 1.82) is 5.26 Å². The molecule has 0 radical (unpaired) electrons. The number of thioether (sulfide) groups is 2. The molecule has 0 saturated carbocycles. The van der Waals surface area contributed by atoms with Crippen LogP contribution in [0.3, 0.4) is 0 Å². The molecule has 0 bridgehead atoms. The topological polar surface area (TPSA) is 62.1 Å². The summed E-state index contributed by atoms with van der Waals surface area (Å²) < 4.78 is 6.15. The molecule has 1 aliphatic heterocycles. The summed E-state index contributed by atoms with van der Waals surface area (Å²) in [4.78, 5) is 12.1. The van der Waals surface area contributed by atoms with Gasteiger partial charge < -0.3 is 10.1 Å². The van der Waals surface area contributed by atoms with Crippen LogP contribution in [0.5, 0.6) is 5.75 Å².